The molecule has 5 nitrogen and oxygen atoms in total. The molecule has 1 aromatic heterocycles. The largest absolute Gasteiger partial charge is 0.492 e. The molecule has 0 radical (unpaired) electrons. The van der Waals surface area contributed by atoms with Crippen molar-refractivity contribution in [2.75, 3.05) is 13.7 Å². The van der Waals surface area contributed by atoms with Crippen molar-refractivity contribution >= 4 is 22.0 Å². The predicted octanol–water partition coefficient (Wildman–Crippen LogP) is 2.86. The number of nitrogens with zero attached hydrogens (tertiary/aromatic N) is 2. The zero-order valence-electron chi connectivity index (χ0n) is 10.2. The van der Waals surface area contributed by atoms with Crippen molar-refractivity contribution in [2.24, 2.45) is 0 Å². The van der Waals surface area contributed by atoms with E-state index in [9.17, 15) is 4.79 Å². The van der Waals surface area contributed by atoms with Crippen LogP contribution in [-0.2, 0) is 11.2 Å². The number of halogens is 1. The smallest absolute Gasteiger partial charge is 0.434 e. The second-order valence-electron chi connectivity index (χ2n) is 4.14. The van der Waals surface area contributed by atoms with Crippen LogP contribution in [0.2, 0.25) is 0 Å². The van der Waals surface area contributed by atoms with Crippen LogP contribution >= 0.6 is 15.9 Å². The van der Waals surface area contributed by atoms with E-state index in [1.165, 1.54) is 11.8 Å². The van der Waals surface area contributed by atoms with Crippen LogP contribution in [-0.4, -0.2) is 29.6 Å². The lowest BCUT2D eigenvalue weighted by Crippen LogP contribution is -2.12. The fourth-order valence-corrected chi connectivity index (χ4v) is 2.44. The molecule has 2 aromatic rings. The van der Waals surface area contributed by atoms with Crippen molar-refractivity contribution in [1.29, 1.82) is 0 Å². The number of benzene rings is 1. The maximum Gasteiger partial charge on any atom is 0.434 e. The Balaban J connectivity index is 2.14. The maximum atomic E-state index is 11.5. The third-order valence-corrected chi connectivity index (χ3v) is 3.48. The monoisotopic (exact) mass is 322 g/mol. The highest BCUT2D eigenvalue weighted by Gasteiger charge is 2.21. The summed E-state index contributed by atoms with van der Waals surface area (Å²) in [5, 5.41) is 4.25. The Morgan fingerprint density at radius 2 is 2.32 bits per heavy atom. The van der Waals surface area contributed by atoms with Gasteiger partial charge in [-0.1, -0.05) is 15.9 Å². The number of hydrogen-bond acceptors (Lipinski definition) is 4. The molecule has 1 aromatic carbocycles. The fraction of sp³-hybridized carbons (Fsp3) is 0.231. The van der Waals surface area contributed by atoms with Crippen LogP contribution in [0.1, 0.15) is 5.69 Å². The van der Waals surface area contributed by atoms with Crippen molar-refractivity contribution < 1.29 is 14.3 Å². The van der Waals surface area contributed by atoms with Gasteiger partial charge >= 0.3 is 6.09 Å². The van der Waals surface area contributed by atoms with Gasteiger partial charge in [0, 0.05) is 28.2 Å². The Labute approximate surface area is 118 Å². The van der Waals surface area contributed by atoms with Crippen LogP contribution in [0.25, 0.3) is 11.1 Å². The molecule has 1 aliphatic heterocycles. The molecular weight excluding hydrogens is 312 g/mol. The molecule has 0 amide bonds. The second-order valence-corrected chi connectivity index (χ2v) is 5.06. The fourth-order valence-electron chi connectivity index (χ4n) is 2.10. The van der Waals surface area contributed by atoms with Crippen LogP contribution in [0, 0.1) is 0 Å². The van der Waals surface area contributed by atoms with Gasteiger partial charge in [0.25, 0.3) is 0 Å². The normalized spacial score (nSPS) is 12.9. The predicted molar refractivity (Wildman–Crippen MR) is 72.4 cm³/mol. The third-order valence-electron chi connectivity index (χ3n) is 2.98. The van der Waals surface area contributed by atoms with Gasteiger partial charge in [0.15, 0.2) is 0 Å². The van der Waals surface area contributed by atoms with Crippen LogP contribution in [0.3, 0.4) is 0 Å². The van der Waals surface area contributed by atoms with Gasteiger partial charge in [-0.05, 0) is 18.2 Å². The summed E-state index contributed by atoms with van der Waals surface area (Å²) in [4.78, 5) is 11.5. The zero-order chi connectivity index (χ0) is 13.4. The number of carbonyl (C=O) groups is 1. The Morgan fingerprint density at radius 3 is 3.11 bits per heavy atom. The van der Waals surface area contributed by atoms with E-state index in [0.717, 1.165) is 27.0 Å². The van der Waals surface area contributed by atoms with Gasteiger partial charge in [-0.15, -0.1) is 0 Å². The average Bonchev–Trinajstić information content (AvgIpc) is 2.75. The van der Waals surface area contributed by atoms with E-state index in [1.54, 1.807) is 6.20 Å². The van der Waals surface area contributed by atoms with Crippen LogP contribution in [0.4, 0.5) is 4.79 Å². The number of aromatic nitrogens is 2. The summed E-state index contributed by atoms with van der Waals surface area (Å²) in [5.74, 6) is 0.789. The Bertz CT molecular complexity index is 651. The highest BCUT2D eigenvalue weighted by atomic mass is 79.9. The molecule has 0 fully saturated rings. The molecule has 2 heterocycles. The van der Waals surface area contributed by atoms with Crippen molar-refractivity contribution in [3.8, 4) is 16.9 Å². The molecule has 0 saturated heterocycles. The summed E-state index contributed by atoms with van der Waals surface area (Å²) in [6.07, 6.45) is 1.85. The molecule has 0 unspecified atom stereocenters. The van der Waals surface area contributed by atoms with E-state index in [-0.39, 0.29) is 0 Å². The van der Waals surface area contributed by atoms with Gasteiger partial charge in [-0.2, -0.15) is 9.78 Å². The van der Waals surface area contributed by atoms with E-state index < -0.39 is 6.09 Å². The van der Waals surface area contributed by atoms with Crippen molar-refractivity contribution in [1.82, 2.24) is 9.78 Å². The summed E-state index contributed by atoms with van der Waals surface area (Å²) in [5.41, 5.74) is 2.68. The first-order valence-corrected chi connectivity index (χ1v) is 6.58. The number of fused-ring (bicyclic) bond motifs is 3. The number of methoxy groups -OCH3 is 1. The minimum Gasteiger partial charge on any atom is -0.492 e. The molecule has 0 saturated carbocycles. The quantitative estimate of drug-likeness (QED) is 0.748. The molecule has 19 heavy (non-hydrogen) atoms. The topological polar surface area (TPSA) is 53.4 Å². The Hall–Kier alpha value is -1.82. The van der Waals surface area contributed by atoms with Gasteiger partial charge < -0.3 is 9.47 Å². The lowest BCUT2D eigenvalue weighted by molar-refractivity contribution is 0.169. The van der Waals surface area contributed by atoms with E-state index in [4.69, 9.17) is 4.74 Å². The molecule has 0 atom stereocenters. The highest BCUT2D eigenvalue weighted by Crippen LogP contribution is 2.36. The molecule has 0 N–H and O–H groups in total. The number of hydrogen-bond donors (Lipinski definition) is 0. The van der Waals surface area contributed by atoms with Crippen LogP contribution in [0.5, 0.6) is 5.75 Å². The van der Waals surface area contributed by atoms with E-state index in [2.05, 4.69) is 25.8 Å². The van der Waals surface area contributed by atoms with E-state index >= 15 is 0 Å². The second kappa shape index (κ2) is 4.70. The summed E-state index contributed by atoms with van der Waals surface area (Å²) in [6.45, 7) is 0.536. The first-order valence-electron chi connectivity index (χ1n) is 5.78. The molecule has 0 aliphatic carbocycles. The van der Waals surface area contributed by atoms with Crippen molar-refractivity contribution in [2.45, 2.75) is 6.42 Å². The minimum absolute atomic E-state index is 0.493. The summed E-state index contributed by atoms with van der Waals surface area (Å²) < 4.78 is 12.6. The van der Waals surface area contributed by atoms with E-state index in [1.807, 2.05) is 18.2 Å². The molecule has 3 rings (SSSR count). The molecule has 1 aliphatic rings. The van der Waals surface area contributed by atoms with Gasteiger partial charge in [0.05, 0.1) is 19.4 Å². The standard InChI is InChI=1S/C13H11BrN2O3/c1-18-13(17)16-7-10-9-3-2-8(14)6-12(9)19-5-4-11(10)15-16/h2-3,6-7H,4-5H2,1H3. The zero-order valence-corrected chi connectivity index (χ0v) is 11.8. The lowest BCUT2D eigenvalue weighted by atomic mass is 10.1. The molecule has 0 bridgehead atoms. The summed E-state index contributed by atoms with van der Waals surface area (Å²) in [7, 11) is 1.34. The van der Waals surface area contributed by atoms with Crippen molar-refractivity contribution in [3.63, 3.8) is 0 Å². The van der Waals surface area contributed by atoms with Crippen LogP contribution < -0.4 is 4.74 Å². The molecular formula is C13H11BrN2O3. The highest BCUT2D eigenvalue weighted by molar-refractivity contribution is 9.10. The van der Waals surface area contributed by atoms with Crippen LogP contribution in [0.15, 0.2) is 28.9 Å². The average molecular weight is 323 g/mol. The summed E-state index contributed by atoms with van der Waals surface area (Å²) >= 11 is 3.42. The van der Waals surface area contributed by atoms with Gasteiger partial charge in [0.1, 0.15) is 5.75 Å². The molecule has 98 valence electrons. The van der Waals surface area contributed by atoms with Crippen molar-refractivity contribution in [3.05, 3.63) is 34.6 Å². The minimum atomic E-state index is -0.493. The summed E-state index contributed by atoms with van der Waals surface area (Å²) in [6, 6.07) is 5.81. The first-order chi connectivity index (χ1) is 9.19. The molecule has 6 heteroatoms. The van der Waals surface area contributed by atoms with Gasteiger partial charge in [-0.25, -0.2) is 4.79 Å². The van der Waals surface area contributed by atoms with E-state index in [0.29, 0.717) is 13.0 Å². The Morgan fingerprint density at radius 1 is 1.47 bits per heavy atom. The van der Waals surface area contributed by atoms with Gasteiger partial charge in [0.2, 0.25) is 0 Å². The number of rotatable bonds is 0. The maximum absolute atomic E-state index is 11.5. The Kier molecular flexibility index (Phi) is 3.02. The third kappa shape index (κ3) is 2.12. The van der Waals surface area contributed by atoms with Gasteiger partial charge in [-0.3, -0.25) is 0 Å². The molecule has 0 spiro atoms. The number of carbonyl (C=O) groups excluding carboxylic acids is 1. The number of ether oxygens (including phenoxy) is 2. The lowest BCUT2D eigenvalue weighted by Gasteiger charge is -2.07. The SMILES string of the molecule is COC(=O)n1cc2c(n1)CCOc1cc(Br)ccc1-2. The first kappa shape index (κ1) is 12.2.